The zero-order valence-electron chi connectivity index (χ0n) is 14.1. The van der Waals surface area contributed by atoms with E-state index < -0.39 is 0 Å². The maximum absolute atomic E-state index is 13.3. The first-order valence-corrected chi connectivity index (χ1v) is 8.12. The number of nitrogens with one attached hydrogen (secondary N) is 1. The summed E-state index contributed by atoms with van der Waals surface area (Å²) in [4.78, 5) is 9.71. The molecule has 0 saturated carbocycles. The fourth-order valence-corrected chi connectivity index (χ4v) is 2.92. The van der Waals surface area contributed by atoms with Gasteiger partial charge in [0.05, 0.1) is 0 Å². The Balaban J connectivity index is 1.64. The van der Waals surface area contributed by atoms with Gasteiger partial charge in [-0.15, -0.1) is 0 Å². The molecule has 0 aliphatic rings. The number of nitrogens with zero attached hydrogens (tertiary/aromatic N) is 2. The van der Waals surface area contributed by atoms with Gasteiger partial charge in [-0.3, -0.25) is 0 Å². The van der Waals surface area contributed by atoms with Crippen LogP contribution in [-0.4, -0.2) is 24.1 Å². The summed E-state index contributed by atoms with van der Waals surface area (Å²) in [6.45, 7) is 0. The number of fused-ring (bicyclic) bond motifs is 1. The third kappa shape index (κ3) is 2.98. The summed E-state index contributed by atoms with van der Waals surface area (Å²) in [5.41, 5.74) is 5.05. The van der Waals surface area contributed by atoms with Crippen molar-refractivity contribution in [3.63, 3.8) is 0 Å². The summed E-state index contributed by atoms with van der Waals surface area (Å²) in [5, 5.41) is 1.00. The first kappa shape index (κ1) is 15.4. The average Bonchev–Trinajstić information content (AvgIpc) is 3.05. The molecule has 0 saturated heterocycles. The maximum Gasteiger partial charge on any atom is 0.127 e. The van der Waals surface area contributed by atoms with E-state index in [0.717, 1.165) is 39.1 Å². The van der Waals surface area contributed by atoms with Crippen LogP contribution in [0.2, 0.25) is 0 Å². The molecule has 4 aromatic rings. The standard InChI is InChI=1S/C21H18FN3/c1-25(2)21-10-8-17(13-23-21)14-3-5-15(6-4-14)19-11-16-7-9-18(22)12-20(16)24-19/h3-13,24H,1-2H3. The molecule has 124 valence electrons. The maximum atomic E-state index is 13.3. The molecule has 2 aromatic carbocycles. The largest absolute Gasteiger partial charge is 0.363 e. The second-order valence-corrected chi connectivity index (χ2v) is 6.29. The molecule has 2 heterocycles. The predicted octanol–water partition coefficient (Wildman–Crippen LogP) is 5.10. The van der Waals surface area contributed by atoms with E-state index in [1.54, 1.807) is 6.07 Å². The van der Waals surface area contributed by atoms with Gasteiger partial charge in [0.1, 0.15) is 11.6 Å². The second-order valence-electron chi connectivity index (χ2n) is 6.29. The third-order valence-corrected chi connectivity index (χ3v) is 4.32. The van der Waals surface area contributed by atoms with Crippen LogP contribution < -0.4 is 4.90 Å². The molecule has 0 fully saturated rings. The lowest BCUT2D eigenvalue weighted by Gasteiger charge is -2.11. The van der Waals surface area contributed by atoms with E-state index in [4.69, 9.17) is 0 Å². The van der Waals surface area contributed by atoms with E-state index in [9.17, 15) is 4.39 Å². The molecule has 0 radical (unpaired) electrons. The van der Waals surface area contributed by atoms with E-state index in [1.165, 1.54) is 12.1 Å². The van der Waals surface area contributed by atoms with E-state index in [0.29, 0.717) is 0 Å². The number of hydrogen-bond acceptors (Lipinski definition) is 2. The summed E-state index contributed by atoms with van der Waals surface area (Å²) in [6, 6.07) is 19.2. The second kappa shape index (κ2) is 6.06. The molecule has 0 aliphatic heterocycles. The lowest BCUT2D eigenvalue weighted by Crippen LogP contribution is -2.09. The van der Waals surface area contributed by atoms with Crippen molar-refractivity contribution in [1.82, 2.24) is 9.97 Å². The van der Waals surface area contributed by atoms with Crippen molar-refractivity contribution in [1.29, 1.82) is 0 Å². The molecule has 4 rings (SSSR count). The molecule has 2 aromatic heterocycles. The van der Waals surface area contributed by atoms with E-state index in [-0.39, 0.29) is 5.82 Å². The highest BCUT2D eigenvalue weighted by atomic mass is 19.1. The number of pyridine rings is 1. The van der Waals surface area contributed by atoms with Crippen molar-refractivity contribution < 1.29 is 4.39 Å². The number of aromatic nitrogens is 2. The molecular formula is C21H18FN3. The zero-order chi connectivity index (χ0) is 17.4. The summed E-state index contributed by atoms with van der Waals surface area (Å²) < 4.78 is 13.3. The van der Waals surface area contributed by atoms with E-state index in [1.807, 2.05) is 37.3 Å². The van der Waals surface area contributed by atoms with Gasteiger partial charge in [-0.1, -0.05) is 24.3 Å². The summed E-state index contributed by atoms with van der Waals surface area (Å²) in [6.07, 6.45) is 1.88. The van der Waals surface area contributed by atoms with Crippen molar-refractivity contribution >= 4 is 16.7 Å². The highest BCUT2D eigenvalue weighted by molar-refractivity contribution is 5.86. The Morgan fingerprint density at radius 2 is 1.56 bits per heavy atom. The normalized spacial score (nSPS) is 11.0. The Morgan fingerprint density at radius 3 is 2.24 bits per heavy atom. The van der Waals surface area contributed by atoms with Gasteiger partial charge in [-0.2, -0.15) is 0 Å². The number of halogens is 1. The number of hydrogen-bond donors (Lipinski definition) is 1. The van der Waals surface area contributed by atoms with Gasteiger partial charge in [0.2, 0.25) is 0 Å². The lowest BCUT2D eigenvalue weighted by molar-refractivity contribution is 0.629. The molecule has 0 unspecified atom stereocenters. The monoisotopic (exact) mass is 331 g/mol. The van der Waals surface area contributed by atoms with Crippen molar-refractivity contribution in [3.8, 4) is 22.4 Å². The highest BCUT2D eigenvalue weighted by Crippen LogP contribution is 2.27. The van der Waals surface area contributed by atoms with Crippen LogP contribution in [0.4, 0.5) is 10.2 Å². The predicted molar refractivity (Wildman–Crippen MR) is 101 cm³/mol. The zero-order valence-corrected chi connectivity index (χ0v) is 14.1. The third-order valence-electron chi connectivity index (χ3n) is 4.32. The summed E-state index contributed by atoms with van der Waals surface area (Å²) >= 11 is 0. The molecule has 4 heteroatoms. The van der Waals surface area contributed by atoms with Gasteiger partial charge < -0.3 is 9.88 Å². The molecule has 0 amide bonds. The molecule has 1 N–H and O–H groups in total. The van der Waals surface area contributed by atoms with Gasteiger partial charge >= 0.3 is 0 Å². The average molecular weight is 331 g/mol. The first-order chi connectivity index (χ1) is 12.1. The number of anilines is 1. The van der Waals surface area contributed by atoms with Crippen LogP contribution in [0.1, 0.15) is 0 Å². The van der Waals surface area contributed by atoms with Gasteiger partial charge in [-0.25, -0.2) is 9.37 Å². The quantitative estimate of drug-likeness (QED) is 0.566. The van der Waals surface area contributed by atoms with Gasteiger partial charge in [0.25, 0.3) is 0 Å². The number of rotatable bonds is 3. The molecule has 3 nitrogen and oxygen atoms in total. The fraction of sp³-hybridized carbons (Fsp3) is 0.0952. The minimum Gasteiger partial charge on any atom is -0.363 e. The van der Waals surface area contributed by atoms with Crippen LogP contribution in [0, 0.1) is 5.82 Å². The SMILES string of the molecule is CN(C)c1ccc(-c2ccc(-c3cc4ccc(F)cc4[nH]3)cc2)cn1. The van der Waals surface area contributed by atoms with Crippen LogP contribution in [0.25, 0.3) is 33.3 Å². The molecular weight excluding hydrogens is 313 g/mol. The first-order valence-electron chi connectivity index (χ1n) is 8.12. The number of benzene rings is 2. The smallest absolute Gasteiger partial charge is 0.127 e. The van der Waals surface area contributed by atoms with Crippen LogP contribution >= 0.6 is 0 Å². The van der Waals surface area contributed by atoms with Crippen LogP contribution in [0.15, 0.2) is 66.9 Å². The molecule has 25 heavy (non-hydrogen) atoms. The van der Waals surface area contributed by atoms with Crippen LogP contribution in [0.3, 0.4) is 0 Å². The van der Waals surface area contributed by atoms with Crippen LogP contribution in [0.5, 0.6) is 0 Å². The van der Waals surface area contributed by atoms with E-state index in [2.05, 4.69) is 40.3 Å². The minimum absolute atomic E-state index is 0.232. The Kier molecular flexibility index (Phi) is 3.73. The number of aromatic amines is 1. The Bertz CT molecular complexity index is 1020. The van der Waals surface area contributed by atoms with Gasteiger partial charge in [0.15, 0.2) is 0 Å². The molecule has 0 aliphatic carbocycles. The topological polar surface area (TPSA) is 31.9 Å². The Morgan fingerprint density at radius 1 is 0.840 bits per heavy atom. The summed E-state index contributed by atoms with van der Waals surface area (Å²) in [7, 11) is 3.95. The number of H-pyrrole nitrogens is 1. The molecule has 0 bridgehead atoms. The van der Waals surface area contributed by atoms with Crippen molar-refractivity contribution in [2.24, 2.45) is 0 Å². The van der Waals surface area contributed by atoms with Crippen molar-refractivity contribution in [3.05, 3.63) is 72.7 Å². The Labute approximate surface area is 145 Å². The molecule has 0 atom stereocenters. The highest BCUT2D eigenvalue weighted by Gasteiger charge is 2.06. The molecule has 0 spiro atoms. The van der Waals surface area contributed by atoms with Crippen LogP contribution in [-0.2, 0) is 0 Å². The van der Waals surface area contributed by atoms with Gasteiger partial charge in [0, 0.05) is 42.5 Å². The van der Waals surface area contributed by atoms with Crippen molar-refractivity contribution in [2.75, 3.05) is 19.0 Å². The van der Waals surface area contributed by atoms with E-state index >= 15 is 0 Å². The lowest BCUT2D eigenvalue weighted by atomic mass is 10.0. The van der Waals surface area contributed by atoms with Gasteiger partial charge in [-0.05, 0) is 47.5 Å². The fourth-order valence-electron chi connectivity index (χ4n) is 2.92. The Hall–Kier alpha value is -3.14. The van der Waals surface area contributed by atoms with Crippen molar-refractivity contribution in [2.45, 2.75) is 0 Å². The minimum atomic E-state index is -0.232. The summed E-state index contributed by atoms with van der Waals surface area (Å²) in [5.74, 6) is 0.704.